The van der Waals surface area contributed by atoms with Crippen LogP contribution in [-0.2, 0) is 4.79 Å². The molecule has 2 saturated carbocycles. The van der Waals surface area contributed by atoms with Gasteiger partial charge in [0.25, 0.3) is 0 Å². The summed E-state index contributed by atoms with van der Waals surface area (Å²) in [4.78, 5) is 11.8. The number of rotatable bonds is 4. The maximum atomic E-state index is 11.8. The molecule has 0 heterocycles. The molecule has 86 valence electrons. The molecule has 0 spiro atoms. The lowest BCUT2D eigenvalue weighted by Crippen LogP contribution is -2.60. The molecule has 2 rings (SSSR count). The summed E-state index contributed by atoms with van der Waals surface area (Å²) >= 11 is 1.88. The van der Waals surface area contributed by atoms with E-state index in [-0.39, 0.29) is 5.91 Å². The molecule has 15 heavy (non-hydrogen) atoms. The zero-order valence-electron chi connectivity index (χ0n) is 9.34. The van der Waals surface area contributed by atoms with Crippen molar-refractivity contribution in [1.29, 1.82) is 0 Å². The van der Waals surface area contributed by atoms with E-state index in [9.17, 15) is 4.79 Å². The van der Waals surface area contributed by atoms with Gasteiger partial charge in [-0.25, -0.2) is 0 Å². The Morgan fingerprint density at radius 1 is 1.33 bits per heavy atom. The summed E-state index contributed by atoms with van der Waals surface area (Å²) < 4.78 is 0.315. The number of thioether (sulfide) groups is 1. The lowest BCUT2D eigenvalue weighted by atomic mass is 9.76. The number of nitrogens with two attached hydrogens (primary N) is 1. The molecule has 0 aliphatic heterocycles. The van der Waals surface area contributed by atoms with Crippen LogP contribution in [0, 0.1) is 0 Å². The quantitative estimate of drug-likeness (QED) is 0.762. The van der Waals surface area contributed by atoms with Gasteiger partial charge in [-0.3, -0.25) is 4.79 Å². The van der Waals surface area contributed by atoms with Crippen LogP contribution in [0.3, 0.4) is 0 Å². The zero-order chi connectivity index (χ0) is 10.9. The number of amides is 1. The number of nitrogens with one attached hydrogen (secondary N) is 1. The SMILES string of the molecule is CSC1(CNC(=O)C2(N)CCC2)CCC1. The lowest BCUT2D eigenvalue weighted by Gasteiger charge is -2.42. The molecule has 0 radical (unpaired) electrons. The van der Waals surface area contributed by atoms with Crippen molar-refractivity contribution in [2.24, 2.45) is 5.73 Å². The number of carbonyl (C=O) groups is 1. The molecule has 0 bridgehead atoms. The fourth-order valence-electron chi connectivity index (χ4n) is 2.23. The van der Waals surface area contributed by atoms with Crippen LogP contribution in [0.1, 0.15) is 38.5 Å². The van der Waals surface area contributed by atoms with Crippen LogP contribution >= 0.6 is 11.8 Å². The highest BCUT2D eigenvalue weighted by atomic mass is 32.2. The molecule has 0 aromatic heterocycles. The van der Waals surface area contributed by atoms with Gasteiger partial charge >= 0.3 is 0 Å². The lowest BCUT2D eigenvalue weighted by molar-refractivity contribution is -0.129. The molecule has 0 aromatic carbocycles. The van der Waals surface area contributed by atoms with Crippen LogP contribution in [0.2, 0.25) is 0 Å². The van der Waals surface area contributed by atoms with E-state index in [1.165, 1.54) is 19.3 Å². The summed E-state index contributed by atoms with van der Waals surface area (Å²) in [5, 5.41) is 3.03. The first-order chi connectivity index (χ1) is 7.10. The Morgan fingerprint density at radius 2 is 1.93 bits per heavy atom. The van der Waals surface area contributed by atoms with Gasteiger partial charge in [-0.05, 0) is 38.4 Å². The van der Waals surface area contributed by atoms with Gasteiger partial charge in [-0.15, -0.1) is 0 Å². The molecule has 3 nitrogen and oxygen atoms in total. The van der Waals surface area contributed by atoms with Gasteiger partial charge in [0.05, 0.1) is 5.54 Å². The highest BCUT2D eigenvalue weighted by Crippen LogP contribution is 2.42. The highest BCUT2D eigenvalue weighted by molar-refractivity contribution is 8.00. The van der Waals surface area contributed by atoms with Gasteiger partial charge in [-0.2, -0.15) is 11.8 Å². The predicted octanol–water partition coefficient (Wildman–Crippen LogP) is 1.27. The molecule has 0 atom stereocenters. The molecule has 2 aliphatic carbocycles. The van der Waals surface area contributed by atoms with E-state index in [1.807, 2.05) is 11.8 Å². The smallest absolute Gasteiger partial charge is 0.240 e. The van der Waals surface area contributed by atoms with E-state index in [4.69, 9.17) is 5.73 Å². The molecule has 0 aromatic rings. The summed E-state index contributed by atoms with van der Waals surface area (Å²) in [5.74, 6) is 0.0640. The number of carbonyl (C=O) groups excluding carboxylic acids is 1. The fraction of sp³-hybridized carbons (Fsp3) is 0.909. The van der Waals surface area contributed by atoms with Crippen molar-refractivity contribution in [2.75, 3.05) is 12.8 Å². The minimum absolute atomic E-state index is 0.0640. The Labute approximate surface area is 95.6 Å². The Morgan fingerprint density at radius 3 is 2.27 bits per heavy atom. The first-order valence-electron chi connectivity index (χ1n) is 5.73. The fourth-order valence-corrected chi connectivity index (χ4v) is 3.14. The third kappa shape index (κ3) is 2.02. The molecule has 1 amide bonds. The topological polar surface area (TPSA) is 55.1 Å². The summed E-state index contributed by atoms with van der Waals surface area (Å²) in [5.41, 5.74) is 5.42. The third-order valence-corrected chi connectivity index (χ3v) is 5.39. The van der Waals surface area contributed by atoms with Gasteiger partial charge in [0.15, 0.2) is 0 Å². The molecular weight excluding hydrogens is 208 g/mol. The summed E-state index contributed by atoms with van der Waals surface area (Å²) in [6.45, 7) is 0.798. The molecule has 4 heteroatoms. The van der Waals surface area contributed by atoms with E-state index < -0.39 is 5.54 Å². The maximum Gasteiger partial charge on any atom is 0.240 e. The second-order valence-corrected chi connectivity index (χ2v) is 6.21. The van der Waals surface area contributed by atoms with Crippen molar-refractivity contribution >= 4 is 17.7 Å². The minimum Gasteiger partial charge on any atom is -0.353 e. The van der Waals surface area contributed by atoms with Crippen molar-refractivity contribution in [2.45, 2.75) is 48.8 Å². The normalized spacial score (nSPS) is 26.3. The molecule has 2 fully saturated rings. The third-order valence-electron chi connectivity index (χ3n) is 3.97. The monoisotopic (exact) mass is 228 g/mol. The van der Waals surface area contributed by atoms with E-state index >= 15 is 0 Å². The Bertz CT molecular complexity index is 254. The van der Waals surface area contributed by atoms with Gasteiger partial charge in [0, 0.05) is 11.3 Å². The van der Waals surface area contributed by atoms with E-state index in [1.54, 1.807) is 0 Å². The van der Waals surface area contributed by atoms with Crippen LogP contribution in [-0.4, -0.2) is 29.0 Å². The predicted molar refractivity (Wildman–Crippen MR) is 63.9 cm³/mol. The second kappa shape index (κ2) is 3.98. The second-order valence-electron chi connectivity index (χ2n) is 4.93. The van der Waals surface area contributed by atoms with Crippen LogP contribution in [0.25, 0.3) is 0 Å². The zero-order valence-corrected chi connectivity index (χ0v) is 10.2. The highest BCUT2D eigenvalue weighted by Gasteiger charge is 2.42. The van der Waals surface area contributed by atoms with Gasteiger partial charge < -0.3 is 11.1 Å². The summed E-state index contributed by atoms with van der Waals surface area (Å²) in [7, 11) is 0. The van der Waals surface area contributed by atoms with Gasteiger partial charge in [0.1, 0.15) is 0 Å². The molecular formula is C11H20N2OS. The molecule has 0 saturated heterocycles. The van der Waals surface area contributed by atoms with E-state index in [0.717, 1.165) is 25.8 Å². The largest absolute Gasteiger partial charge is 0.353 e. The van der Waals surface area contributed by atoms with Crippen LogP contribution in [0.4, 0.5) is 0 Å². The van der Waals surface area contributed by atoms with Crippen LogP contribution in [0.15, 0.2) is 0 Å². The molecule has 2 aliphatic rings. The first-order valence-corrected chi connectivity index (χ1v) is 6.95. The van der Waals surface area contributed by atoms with Crippen molar-refractivity contribution in [3.05, 3.63) is 0 Å². The minimum atomic E-state index is -0.538. The van der Waals surface area contributed by atoms with E-state index in [2.05, 4.69) is 11.6 Å². The van der Waals surface area contributed by atoms with Crippen molar-refractivity contribution in [3.63, 3.8) is 0 Å². The Balaban J connectivity index is 1.80. The van der Waals surface area contributed by atoms with Gasteiger partial charge in [0.2, 0.25) is 5.91 Å². The summed E-state index contributed by atoms with van der Waals surface area (Å²) in [6.07, 6.45) is 8.68. The van der Waals surface area contributed by atoms with Crippen LogP contribution in [0.5, 0.6) is 0 Å². The Hall–Kier alpha value is -0.220. The average molecular weight is 228 g/mol. The van der Waals surface area contributed by atoms with E-state index in [0.29, 0.717) is 4.75 Å². The van der Waals surface area contributed by atoms with Crippen LogP contribution < -0.4 is 11.1 Å². The molecule has 0 unspecified atom stereocenters. The van der Waals surface area contributed by atoms with Crippen molar-refractivity contribution in [3.8, 4) is 0 Å². The number of hydrogen-bond donors (Lipinski definition) is 2. The first kappa shape index (κ1) is 11.3. The average Bonchev–Trinajstić information content (AvgIpc) is 2.13. The van der Waals surface area contributed by atoms with Gasteiger partial charge in [-0.1, -0.05) is 6.42 Å². The standard InChI is InChI=1S/C11H20N2OS/c1-15-10(4-2-5-10)8-13-9(14)11(12)6-3-7-11/h2-8,12H2,1H3,(H,13,14). The summed E-state index contributed by atoms with van der Waals surface area (Å²) in [6, 6.07) is 0. The Kier molecular flexibility index (Phi) is 2.99. The number of hydrogen-bond acceptors (Lipinski definition) is 3. The van der Waals surface area contributed by atoms with Crippen molar-refractivity contribution < 1.29 is 4.79 Å². The maximum absolute atomic E-state index is 11.8. The molecule has 3 N–H and O–H groups in total. The van der Waals surface area contributed by atoms with Crippen molar-refractivity contribution in [1.82, 2.24) is 5.32 Å².